The van der Waals surface area contributed by atoms with Gasteiger partial charge in [0.25, 0.3) is 0 Å². The second kappa shape index (κ2) is 6.38. The van der Waals surface area contributed by atoms with Crippen LogP contribution in [0.5, 0.6) is 0 Å². The van der Waals surface area contributed by atoms with Crippen LogP contribution < -0.4 is 5.32 Å². The fraction of sp³-hybridized carbons (Fsp3) is 0.312. The highest BCUT2D eigenvalue weighted by atomic mass is 16.3. The van der Waals surface area contributed by atoms with Crippen LogP contribution in [0.4, 0.5) is 0 Å². The van der Waals surface area contributed by atoms with Gasteiger partial charge in [-0.3, -0.25) is 0 Å². The summed E-state index contributed by atoms with van der Waals surface area (Å²) in [5.74, 6) is 0. The monoisotopic (exact) mass is 269 g/mol. The van der Waals surface area contributed by atoms with Crippen LogP contribution in [0.2, 0.25) is 0 Å². The highest BCUT2D eigenvalue weighted by molar-refractivity contribution is 5.34. The van der Waals surface area contributed by atoms with Crippen molar-refractivity contribution in [2.75, 3.05) is 0 Å². The molecular formula is C16H19N3O. The molecule has 20 heavy (non-hydrogen) atoms. The molecule has 0 unspecified atom stereocenters. The molecule has 1 aromatic heterocycles. The van der Waals surface area contributed by atoms with Crippen molar-refractivity contribution in [1.82, 2.24) is 9.88 Å². The van der Waals surface area contributed by atoms with Gasteiger partial charge in [-0.1, -0.05) is 24.3 Å². The Hall–Kier alpha value is -2.09. The summed E-state index contributed by atoms with van der Waals surface area (Å²) < 4.78 is 1.91. The SMILES string of the molecule is Cc1c(CNCc2ccc(CO)cc2)cc(C#N)n1C. The maximum atomic E-state index is 9.00. The minimum absolute atomic E-state index is 0.0772. The van der Waals surface area contributed by atoms with Gasteiger partial charge in [0.2, 0.25) is 0 Å². The molecule has 4 nitrogen and oxygen atoms in total. The first-order valence-corrected chi connectivity index (χ1v) is 6.60. The molecule has 0 saturated carbocycles. The predicted molar refractivity (Wildman–Crippen MR) is 77.8 cm³/mol. The Morgan fingerprint density at radius 3 is 2.40 bits per heavy atom. The highest BCUT2D eigenvalue weighted by Crippen LogP contribution is 2.13. The van der Waals surface area contributed by atoms with Crippen LogP contribution in [-0.2, 0) is 26.7 Å². The third-order valence-electron chi connectivity index (χ3n) is 3.60. The second-order valence-electron chi connectivity index (χ2n) is 4.89. The molecule has 0 atom stereocenters. The van der Waals surface area contributed by atoms with Crippen LogP contribution in [0.1, 0.15) is 28.1 Å². The van der Waals surface area contributed by atoms with Gasteiger partial charge in [0.1, 0.15) is 11.8 Å². The smallest absolute Gasteiger partial charge is 0.120 e. The van der Waals surface area contributed by atoms with Crippen molar-refractivity contribution < 1.29 is 5.11 Å². The normalized spacial score (nSPS) is 10.5. The largest absolute Gasteiger partial charge is 0.392 e. The number of nitrogens with one attached hydrogen (secondary N) is 1. The van der Waals surface area contributed by atoms with Gasteiger partial charge in [-0.15, -0.1) is 0 Å². The van der Waals surface area contributed by atoms with Gasteiger partial charge < -0.3 is 15.0 Å². The number of aliphatic hydroxyl groups excluding tert-OH is 1. The van der Waals surface area contributed by atoms with Gasteiger partial charge in [-0.2, -0.15) is 5.26 Å². The highest BCUT2D eigenvalue weighted by Gasteiger charge is 2.07. The van der Waals surface area contributed by atoms with Crippen LogP contribution in [0.25, 0.3) is 0 Å². The molecule has 104 valence electrons. The minimum atomic E-state index is 0.0772. The topological polar surface area (TPSA) is 61.0 Å². The quantitative estimate of drug-likeness (QED) is 0.872. The maximum Gasteiger partial charge on any atom is 0.120 e. The standard InChI is InChI=1S/C16H19N3O/c1-12-15(7-16(8-17)19(12)2)10-18-9-13-3-5-14(11-20)6-4-13/h3-7,18,20H,9-11H2,1-2H3. The summed E-state index contributed by atoms with van der Waals surface area (Å²) in [7, 11) is 1.91. The first kappa shape index (κ1) is 14.3. The third-order valence-corrected chi connectivity index (χ3v) is 3.60. The lowest BCUT2D eigenvalue weighted by Gasteiger charge is -2.06. The summed E-state index contributed by atoms with van der Waals surface area (Å²) in [6, 6.07) is 12.0. The van der Waals surface area contributed by atoms with Crippen molar-refractivity contribution in [3.05, 3.63) is 58.4 Å². The average molecular weight is 269 g/mol. The van der Waals surface area contributed by atoms with Crippen LogP contribution >= 0.6 is 0 Å². The first-order chi connectivity index (χ1) is 9.65. The molecule has 0 spiro atoms. The molecule has 0 fully saturated rings. The van der Waals surface area contributed by atoms with E-state index in [-0.39, 0.29) is 6.61 Å². The van der Waals surface area contributed by atoms with Gasteiger partial charge in [0.15, 0.2) is 0 Å². The lowest BCUT2D eigenvalue weighted by atomic mass is 10.1. The Balaban J connectivity index is 1.94. The molecule has 0 aliphatic carbocycles. The zero-order chi connectivity index (χ0) is 14.5. The average Bonchev–Trinajstić information content (AvgIpc) is 2.76. The first-order valence-electron chi connectivity index (χ1n) is 6.60. The van der Waals surface area contributed by atoms with Crippen molar-refractivity contribution in [3.63, 3.8) is 0 Å². The van der Waals surface area contributed by atoms with Crippen LogP contribution in [0.15, 0.2) is 30.3 Å². The predicted octanol–water partition coefficient (Wildman–Crippen LogP) is 1.99. The van der Waals surface area contributed by atoms with Crippen molar-refractivity contribution in [1.29, 1.82) is 5.26 Å². The van der Waals surface area contributed by atoms with Crippen molar-refractivity contribution in [2.24, 2.45) is 7.05 Å². The molecule has 2 N–H and O–H groups in total. The molecule has 1 heterocycles. The Bertz CT molecular complexity index is 620. The number of rotatable bonds is 5. The lowest BCUT2D eigenvalue weighted by molar-refractivity contribution is 0.282. The molecule has 0 amide bonds. The fourth-order valence-electron chi connectivity index (χ4n) is 2.15. The maximum absolute atomic E-state index is 9.00. The summed E-state index contributed by atoms with van der Waals surface area (Å²) >= 11 is 0. The second-order valence-corrected chi connectivity index (χ2v) is 4.89. The van der Waals surface area contributed by atoms with Crippen LogP contribution in [-0.4, -0.2) is 9.67 Å². The van der Waals surface area contributed by atoms with Gasteiger partial charge in [-0.25, -0.2) is 0 Å². The van der Waals surface area contributed by atoms with Gasteiger partial charge in [0, 0.05) is 25.8 Å². The Kier molecular flexibility index (Phi) is 4.57. The van der Waals surface area contributed by atoms with Crippen LogP contribution in [0, 0.1) is 18.3 Å². The minimum Gasteiger partial charge on any atom is -0.392 e. The zero-order valence-electron chi connectivity index (χ0n) is 11.8. The number of aromatic nitrogens is 1. The lowest BCUT2D eigenvalue weighted by Crippen LogP contribution is -2.13. The van der Waals surface area contributed by atoms with E-state index in [2.05, 4.69) is 11.4 Å². The van der Waals surface area contributed by atoms with Crippen molar-refractivity contribution in [2.45, 2.75) is 26.6 Å². The van der Waals surface area contributed by atoms with Crippen molar-refractivity contribution >= 4 is 0 Å². The number of hydrogen-bond acceptors (Lipinski definition) is 3. The number of nitriles is 1. The Morgan fingerprint density at radius 2 is 1.85 bits per heavy atom. The summed E-state index contributed by atoms with van der Waals surface area (Å²) in [6.45, 7) is 3.60. The molecule has 0 radical (unpaired) electrons. The molecule has 2 rings (SSSR count). The molecule has 0 bridgehead atoms. The molecule has 1 aromatic carbocycles. The van der Waals surface area contributed by atoms with E-state index in [1.165, 1.54) is 5.56 Å². The summed E-state index contributed by atoms with van der Waals surface area (Å²) in [6.07, 6.45) is 0. The zero-order valence-corrected chi connectivity index (χ0v) is 11.8. The summed E-state index contributed by atoms with van der Waals surface area (Å²) in [4.78, 5) is 0. The van der Waals surface area contributed by atoms with Gasteiger partial charge in [0.05, 0.1) is 6.61 Å². The molecule has 0 aliphatic rings. The number of nitrogens with zero attached hydrogens (tertiary/aromatic N) is 2. The molecule has 2 aromatic rings. The van der Waals surface area contributed by atoms with E-state index in [0.717, 1.165) is 29.9 Å². The van der Waals surface area contributed by atoms with E-state index >= 15 is 0 Å². The molecule has 0 aliphatic heterocycles. The van der Waals surface area contributed by atoms with Gasteiger partial charge in [-0.05, 0) is 29.7 Å². The number of hydrogen-bond donors (Lipinski definition) is 2. The van der Waals surface area contributed by atoms with E-state index in [1.54, 1.807) is 0 Å². The van der Waals surface area contributed by atoms with Crippen molar-refractivity contribution in [3.8, 4) is 6.07 Å². The Labute approximate surface area is 119 Å². The van der Waals surface area contributed by atoms with E-state index in [9.17, 15) is 0 Å². The van der Waals surface area contributed by atoms with Gasteiger partial charge >= 0.3 is 0 Å². The molecule has 0 saturated heterocycles. The third kappa shape index (κ3) is 3.08. The summed E-state index contributed by atoms with van der Waals surface area (Å²) in [5, 5.41) is 21.4. The molecular weight excluding hydrogens is 250 g/mol. The number of benzene rings is 1. The Morgan fingerprint density at radius 1 is 1.20 bits per heavy atom. The molecule has 4 heteroatoms. The van der Waals surface area contributed by atoms with E-state index < -0.39 is 0 Å². The van der Waals surface area contributed by atoms with E-state index in [0.29, 0.717) is 5.69 Å². The van der Waals surface area contributed by atoms with Crippen LogP contribution in [0.3, 0.4) is 0 Å². The fourth-order valence-corrected chi connectivity index (χ4v) is 2.15. The summed E-state index contributed by atoms with van der Waals surface area (Å²) in [5.41, 5.74) is 5.05. The number of aliphatic hydroxyl groups is 1. The van der Waals surface area contributed by atoms with E-state index in [4.69, 9.17) is 10.4 Å². The van der Waals surface area contributed by atoms with E-state index in [1.807, 2.05) is 48.9 Å².